The van der Waals surface area contributed by atoms with Crippen molar-refractivity contribution in [2.75, 3.05) is 38.8 Å². The largest absolute Gasteiger partial charge is 0.492 e. The van der Waals surface area contributed by atoms with Gasteiger partial charge in [0.15, 0.2) is 0 Å². The maximum atomic E-state index is 5.70. The Hall–Kier alpha value is -0.320. The Morgan fingerprint density at radius 2 is 1.83 bits per heavy atom. The quantitative estimate of drug-likeness (QED) is 0.819. The number of hydrogen-bond acceptors (Lipinski definition) is 4. The second-order valence-electron chi connectivity index (χ2n) is 4.65. The number of hydrogen-bond donors (Lipinski definition) is 0. The summed E-state index contributed by atoms with van der Waals surface area (Å²) >= 11 is 4.12. The average Bonchev–Trinajstić information content (AvgIpc) is 2.40. The van der Waals surface area contributed by atoms with Crippen LogP contribution >= 0.6 is 23.5 Å². The van der Waals surface area contributed by atoms with E-state index in [1.807, 2.05) is 0 Å². The summed E-state index contributed by atoms with van der Waals surface area (Å²) in [6.07, 6.45) is 1.34. The van der Waals surface area contributed by atoms with Crippen LogP contribution in [0.2, 0.25) is 0 Å². The summed E-state index contributed by atoms with van der Waals surface area (Å²) in [7, 11) is 4.12. The number of rotatable bonds is 5. The van der Waals surface area contributed by atoms with Crippen LogP contribution < -0.4 is 4.74 Å². The van der Waals surface area contributed by atoms with Crippen molar-refractivity contribution in [3.05, 3.63) is 29.8 Å². The number of likely N-dealkylation sites (N-methyl/N-ethyl adjacent to an activating group) is 1. The van der Waals surface area contributed by atoms with Crippen LogP contribution in [0.5, 0.6) is 5.75 Å². The lowest BCUT2D eigenvalue weighted by molar-refractivity contribution is 0.261. The van der Waals surface area contributed by atoms with Crippen LogP contribution in [0.1, 0.15) is 16.6 Å². The zero-order valence-electron chi connectivity index (χ0n) is 11.1. The first-order valence-electron chi connectivity index (χ1n) is 6.36. The minimum absolute atomic E-state index is 0.620. The molecule has 0 spiro atoms. The van der Waals surface area contributed by atoms with Crippen molar-refractivity contribution in [3.63, 3.8) is 0 Å². The van der Waals surface area contributed by atoms with E-state index in [1.54, 1.807) is 0 Å². The predicted octanol–water partition coefficient (Wildman–Crippen LogP) is 3.50. The van der Waals surface area contributed by atoms with Crippen LogP contribution in [0.15, 0.2) is 24.3 Å². The molecule has 0 radical (unpaired) electrons. The van der Waals surface area contributed by atoms with Crippen LogP contribution in [0.4, 0.5) is 0 Å². The molecule has 1 fully saturated rings. The highest BCUT2D eigenvalue weighted by Crippen LogP contribution is 2.43. The van der Waals surface area contributed by atoms with Crippen LogP contribution in [-0.2, 0) is 0 Å². The summed E-state index contributed by atoms with van der Waals surface area (Å²) < 4.78 is 6.32. The molecular formula is C14H21NOS2. The molecule has 18 heavy (non-hydrogen) atoms. The van der Waals surface area contributed by atoms with Crippen molar-refractivity contribution in [1.82, 2.24) is 4.90 Å². The van der Waals surface area contributed by atoms with Gasteiger partial charge < -0.3 is 9.64 Å². The van der Waals surface area contributed by atoms with E-state index in [0.717, 1.165) is 18.9 Å². The molecule has 0 aliphatic carbocycles. The third-order valence-corrected chi connectivity index (χ3v) is 5.80. The van der Waals surface area contributed by atoms with Gasteiger partial charge in [-0.25, -0.2) is 0 Å². The van der Waals surface area contributed by atoms with Gasteiger partial charge in [-0.2, -0.15) is 0 Å². The fraction of sp³-hybridized carbons (Fsp3) is 0.571. The first-order chi connectivity index (χ1) is 8.75. The lowest BCUT2D eigenvalue weighted by Crippen LogP contribution is -2.19. The molecule has 0 saturated carbocycles. The van der Waals surface area contributed by atoms with Gasteiger partial charge in [0.2, 0.25) is 0 Å². The summed E-state index contributed by atoms with van der Waals surface area (Å²) in [5.41, 5.74) is 1.42. The molecule has 100 valence electrons. The molecule has 0 aromatic heterocycles. The van der Waals surface area contributed by atoms with Gasteiger partial charge in [-0.15, -0.1) is 23.5 Å². The van der Waals surface area contributed by atoms with Crippen molar-refractivity contribution < 1.29 is 4.74 Å². The first-order valence-corrected chi connectivity index (χ1v) is 8.46. The Morgan fingerprint density at radius 1 is 1.17 bits per heavy atom. The maximum Gasteiger partial charge on any atom is 0.119 e. The lowest BCUT2D eigenvalue weighted by atomic mass is 10.2. The molecular weight excluding hydrogens is 262 g/mol. The molecule has 0 amide bonds. The van der Waals surface area contributed by atoms with E-state index in [4.69, 9.17) is 4.74 Å². The highest BCUT2D eigenvalue weighted by Gasteiger charge is 2.16. The van der Waals surface area contributed by atoms with Crippen LogP contribution in [0.3, 0.4) is 0 Å². The van der Waals surface area contributed by atoms with E-state index in [9.17, 15) is 0 Å². The standard InChI is InChI=1S/C14H21NOS2/c1-15(2)8-9-16-13-6-4-12(5-7-13)14-17-10-3-11-18-14/h4-7,14H,3,8-11H2,1-2H3. The first kappa shape index (κ1) is 14.1. The second kappa shape index (κ2) is 7.31. The highest BCUT2D eigenvalue weighted by molar-refractivity contribution is 8.16. The predicted molar refractivity (Wildman–Crippen MR) is 82.8 cm³/mol. The molecule has 1 aromatic carbocycles. The molecule has 0 unspecified atom stereocenters. The molecule has 0 bridgehead atoms. The molecule has 0 N–H and O–H groups in total. The monoisotopic (exact) mass is 283 g/mol. The fourth-order valence-electron chi connectivity index (χ4n) is 1.75. The molecule has 4 heteroatoms. The Labute approximate surface area is 118 Å². The molecule has 1 aliphatic heterocycles. The van der Waals surface area contributed by atoms with Gasteiger partial charge in [-0.1, -0.05) is 12.1 Å². The summed E-state index contributed by atoms with van der Waals surface area (Å²) in [4.78, 5) is 2.13. The number of thioether (sulfide) groups is 2. The number of nitrogens with zero attached hydrogens (tertiary/aromatic N) is 1. The number of ether oxygens (including phenoxy) is 1. The van der Waals surface area contributed by atoms with E-state index >= 15 is 0 Å². The van der Waals surface area contributed by atoms with Gasteiger partial charge in [0.25, 0.3) is 0 Å². The Balaban J connectivity index is 1.84. The minimum atomic E-state index is 0.620. The van der Waals surface area contributed by atoms with Gasteiger partial charge in [-0.3, -0.25) is 0 Å². The Kier molecular flexibility index (Phi) is 5.73. The SMILES string of the molecule is CN(C)CCOc1ccc(C2SCCCS2)cc1. The van der Waals surface area contributed by atoms with E-state index in [-0.39, 0.29) is 0 Å². The van der Waals surface area contributed by atoms with E-state index in [0.29, 0.717) is 4.58 Å². The zero-order valence-corrected chi connectivity index (χ0v) is 12.7. The smallest absolute Gasteiger partial charge is 0.119 e. The van der Waals surface area contributed by atoms with Crippen molar-refractivity contribution in [3.8, 4) is 5.75 Å². The van der Waals surface area contributed by atoms with Crippen molar-refractivity contribution >= 4 is 23.5 Å². The van der Waals surface area contributed by atoms with Gasteiger partial charge in [0.1, 0.15) is 12.4 Å². The van der Waals surface area contributed by atoms with Crippen molar-refractivity contribution in [2.45, 2.75) is 11.0 Å². The van der Waals surface area contributed by atoms with Crippen LogP contribution in [0, 0.1) is 0 Å². The topological polar surface area (TPSA) is 12.5 Å². The van der Waals surface area contributed by atoms with Gasteiger partial charge >= 0.3 is 0 Å². The van der Waals surface area contributed by atoms with Crippen molar-refractivity contribution in [2.24, 2.45) is 0 Å². The van der Waals surface area contributed by atoms with Crippen LogP contribution in [-0.4, -0.2) is 43.7 Å². The van der Waals surface area contributed by atoms with Gasteiger partial charge in [-0.05, 0) is 49.7 Å². The maximum absolute atomic E-state index is 5.70. The molecule has 1 heterocycles. The van der Waals surface area contributed by atoms with Gasteiger partial charge in [0.05, 0.1) is 4.58 Å². The molecule has 0 atom stereocenters. The summed E-state index contributed by atoms with van der Waals surface area (Å²) in [6, 6.07) is 8.61. The van der Waals surface area contributed by atoms with E-state index in [1.165, 1.54) is 23.5 Å². The summed E-state index contributed by atoms with van der Waals surface area (Å²) in [6.45, 7) is 1.70. The zero-order chi connectivity index (χ0) is 12.8. The molecule has 1 saturated heterocycles. The normalized spacial score (nSPS) is 17.1. The Bertz CT molecular complexity index is 347. The molecule has 2 rings (SSSR count). The second-order valence-corrected chi connectivity index (χ2v) is 7.37. The minimum Gasteiger partial charge on any atom is -0.492 e. The third-order valence-electron chi connectivity index (χ3n) is 2.79. The summed E-state index contributed by atoms with van der Waals surface area (Å²) in [5.74, 6) is 3.56. The highest BCUT2D eigenvalue weighted by atomic mass is 32.2. The molecule has 1 aromatic rings. The lowest BCUT2D eigenvalue weighted by Gasteiger charge is -2.21. The average molecular weight is 283 g/mol. The van der Waals surface area contributed by atoms with Crippen molar-refractivity contribution in [1.29, 1.82) is 0 Å². The van der Waals surface area contributed by atoms with E-state index in [2.05, 4.69) is 66.8 Å². The number of benzene rings is 1. The van der Waals surface area contributed by atoms with E-state index < -0.39 is 0 Å². The molecule has 2 nitrogen and oxygen atoms in total. The summed E-state index contributed by atoms with van der Waals surface area (Å²) in [5, 5.41) is 0. The van der Waals surface area contributed by atoms with Crippen LogP contribution in [0.25, 0.3) is 0 Å². The fourth-order valence-corrected chi connectivity index (χ4v) is 4.64. The van der Waals surface area contributed by atoms with Gasteiger partial charge in [0, 0.05) is 6.54 Å². The third kappa shape index (κ3) is 4.41. The molecule has 1 aliphatic rings. The Morgan fingerprint density at radius 3 is 2.44 bits per heavy atom.